The van der Waals surface area contributed by atoms with Crippen LogP contribution in [-0.4, -0.2) is 15.8 Å². The SMILES string of the molecule is OC(CS)c1c[nH]c2ccccc12. The average molecular weight is 193 g/mol. The van der Waals surface area contributed by atoms with Gasteiger partial charge in [0.25, 0.3) is 0 Å². The number of aromatic amines is 1. The Labute approximate surface area is 82.0 Å². The predicted octanol–water partition coefficient (Wildman–Crippen LogP) is 2.13. The van der Waals surface area contributed by atoms with Crippen LogP contribution in [0.2, 0.25) is 0 Å². The van der Waals surface area contributed by atoms with E-state index in [1.807, 2.05) is 30.5 Å². The molecule has 0 fully saturated rings. The van der Waals surface area contributed by atoms with Gasteiger partial charge in [0.15, 0.2) is 0 Å². The van der Waals surface area contributed by atoms with Gasteiger partial charge in [0.1, 0.15) is 0 Å². The quantitative estimate of drug-likeness (QED) is 0.628. The zero-order valence-corrected chi connectivity index (χ0v) is 7.96. The molecule has 0 amide bonds. The van der Waals surface area contributed by atoms with E-state index in [0.29, 0.717) is 5.75 Å². The summed E-state index contributed by atoms with van der Waals surface area (Å²) in [6, 6.07) is 7.92. The zero-order valence-electron chi connectivity index (χ0n) is 7.07. The van der Waals surface area contributed by atoms with Gasteiger partial charge in [-0.1, -0.05) is 18.2 Å². The van der Waals surface area contributed by atoms with Crippen LogP contribution in [0.1, 0.15) is 11.7 Å². The molecule has 2 rings (SSSR count). The first-order chi connectivity index (χ1) is 6.33. The summed E-state index contributed by atoms with van der Waals surface area (Å²) < 4.78 is 0. The fraction of sp³-hybridized carbons (Fsp3) is 0.200. The van der Waals surface area contributed by atoms with Crippen molar-refractivity contribution < 1.29 is 5.11 Å². The Morgan fingerprint density at radius 1 is 1.38 bits per heavy atom. The number of H-pyrrole nitrogens is 1. The summed E-state index contributed by atoms with van der Waals surface area (Å²) in [5, 5.41) is 10.7. The number of aliphatic hydroxyl groups is 1. The highest BCUT2D eigenvalue weighted by Crippen LogP contribution is 2.24. The molecule has 13 heavy (non-hydrogen) atoms. The number of nitrogens with one attached hydrogen (secondary N) is 1. The third-order valence-electron chi connectivity index (χ3n) is 2.15. The standard InChI is InChI=1S/C10H11NOS/c12-10(6-13)8-5-11-9-4-2-1-3-7(8)9/h1-5,10-13H,6H2. The molecule has 0 saturated carbocycles. The molecule has 68 valence electrons. The molecule has 0 spiro atoms. The summed E-state index contributed by atoms with van der Waals surface area (Å²) in [6.45, 7) is 0. The average Bonchev–Trinajstić information content (AvgIpc) is 2.60. The minimum atomic E-state index is -0.487. The topological polar surface area (TPSA) is 36.0 Å². The molecule has 1 aromatic heterocycles. The predicted molar refractivity (Wildman–Crippen MR) is 57.1 cm³/mol. The second-order valence-corrected chi connectivity index (χ2v) is 3.35. The van der Waals surface area contributed by atoms with Gasteiger partial charge in [-0.2, -0.15) is 12.6 Å². The van der Waals surface area contributed by atoms with Crippen LogP contribution in [-0.2, 0) is 0 Å². The maximum Gasteiger partial charge on any atom is 0.0898 e. The van der Waals surface area contributed by atoms with Crippen LogP contribution in [0.4, 0.5) is 0 Å². The Bertz CT molecular complexity index is 410. The van der Waals surface area contributed by atoms with Crippen molar-refractivity contribution in [1.82, 2.24) is 4.98 Å². The first-order valence-corrected chi connectivity index (χ1v) is 4.81. The molecular formula is C10H11NOS. The maximum absolute atomic E-state index is 9.62. The van der Waals surface area contributed by atoms with E-state index in [4.69, 9.17) is 0 Å². The van der Waals surface area contributed by atoms with E-state index in [0.717, 1.165) is 16.5 Å². The lowest BCUT2D eigenvalue weighted by Gasteiger charge is -2.04. The van der Waals surface area contributed by atoms with Gasteiger partial charge in [0, 0.05) is 28.4 Å². The number of para-hydroxylation sites is 1. The van der Waals surface area contributed by atoms with Gasteiger partial charge < -0.3 is 10.1 Å². The van der Waals surface area contributed by atoms with E-state index >= 15 is 0 Å². The summed E-state index contributed by atoms with van der Waals surface area (Å²) in [5.74, 6) is 0.446. The Balaban J connectivity index is 2.57. The molecule has 1 unspecified atom stereocenters. The Morgan fingerprint density at radius 3 is 2.92 bits per heavy atom. The van der Waals surface area contributed by atoms with Crippen molar-refractivity contribution in [3.05, 3.63) is 36.0 Å². The largest absolute Gasteiger partial charge is 0.387 e. The summed E-state index contributed by atoms with van der Waals surface area (Å²) in [7, 11) is 0. The minimum absolute atomic E-state index is 0.446. The second-order valence-electron chi connectivity index (χ2n) is 2.99. The van der Waals surface area contributed by atoms with Crippen LogP contribution in [0.25, 0.3) is 10.9 Å². The molecular weight excluding hydrogens is 182 g/mol. The lowest BCUT2D eigenvalue weighted by Crippen LogP contribution is -1.96. The molecule has 0 saturated heterocycles. The van der Waals surface area contributed by atoms with E-state index < -0.39 is 6.10 Å². The molecule has 0 bridgehead atoms. The van der Waals surface area contributed by atoms with Gasteiger partial charge in [-0.15, -0.1) is 0 Å². The molecule has 2 N–H and O–H groups in total. The van der Waals surface area contributed by atoms with Crippen molar-refractivity contribution in [2.75, 3.05) is 5.75 Å². The Kier molecular flexibility index (Phi) is 2.29. The van der Waals surface area contributed by atoms with Crippen LogP contribution in [0, 0.1) is 0 Å². The highest BCUT2D eigenvalue weighted by molar-refractivity contribution is 7.80. The van der Waals surface area contributed by atoms with Crippen LogP contribution >= 0.6 is 12.6 Å². The number of rotatable bonds is 2. The highest BCUT2D eigenvalue weighted by atomic mass is 32.1. The Hall–Kier alpha value is -0.930. The summed E-state index contributed by atoms with van der Waals surface area (Å²) >= 11 is 4.06. The van der Waals surface area contributed by atoms with Crippen LogP contribution in [0.3, 0.4) is 0 Å². The van der Waals surface area contributed by atoms with Gasteiger partial charge in [-0.25, -0.2) is 0 Å². The number of aromatic nitrogens is 1. The normalized spacial score (nSPS) is 13.4. The lowest BCUT2D eigenvalue weighted by atomic mass is 10.1. The number of hydrogen-bond donors (Lipinski definition) is 3. The van der Waals surface area contributed by atoms with E-state index in [-0.39, 0.29) is 0 Å². The van der Waals surface area contributed by atoms with Crippen LogP contribution in [0.15, 0.2) is 30.5 Å². The number of thiol groups is 1. The van der Waals surface area contributed by atoms with Crippen LogP contribution < -0.4 is 0 Å². The van der Waals surface area contributed by atoms with E-state index in [1.54, 1.807) is 0 Å². The molecule has 0 aliphatic carbocycles. The summed E-state index contributed by atoms with van der Waals surface area (Å²) in [4.78, 5) is 3.11. The van der Waals surface area contributed by atoms with Crippen molar-refractivity contribution in [2.24, 2.45) is 0 Å². The van der Waals surface area contributed by atoms with Crippen molar-refractivity contribution in [3.8, 4) is 0 Å². The first-order valence-electron chi connectivity index (χ1n) is 4.18. The van der Waals surface area contributed by atoms with Gasteiger partial charge in [0.2, 0.25) is 0 Å². The minimum Gasteiger partial charge on any atom is -0.387 e. The van der Waals surface area contributed by atoms with E-state index in [9.17, 15) is 5.11 Å². The fourth-order valence-electron chi connectivity index (χ4n) is 1.47. The third-order valence-corrected chi connectivity index (χ3v) is 2.50. The van der Waals surface area contributed by atoms with Crippen LogP contribution in [0.5, 0.6) is 0 Å². The Morgan fingerprint density at radius 2 is 2.15 bits per heavy atom. The molecule has 0 aliphatic heterocycles. The fourth-order valence-corrected chi connectivity index (χ4v) is 1.66. The van der Waals surface area contributed by atoms with Gasteiger partial charge in [-0.3, -0.25) is 0 Å². The monoisotopic (exact) mass is 193 g/mol. The van der Waals surface area contributed by atoms with Gasteiger partial charge >= 0.3 is 0 Å². The number of hydrogen-bond acceptors (Lipinski definition) is 2. The number of fused-ring (bicyclic) bond motifs is 1. The van der Waals surface area contributed by atoms with Crippen molar-refractivity contribution in [2.45, 2.75) is 6.10 Å². The smallest absolute Gasteiger partial charge is 0.0898 e. The number of benzene rings is 1. The van der Waals surface area contributed by atoms with Crippen molar-refractivity contribution in [1.29, 1.82) is 0 Å². The van der Waals surface area contributed by atoms with Gasteiger partial charge in [-0.05, 0) is 6.07 Å². The van der Waals surface area contributed by atoms with Gasteiger partial charge in [0.05, 0.1) is 6.10 Å². The molecule has 3 heteroatoms. The number of aliphatic hydroxyl groups excluding tert-OH is 1. The van der Waals surface area contributed by atoms with Crippen molar-refractivity contribution >= 4 is 23.5 Å². The highest BCUT2D eigenvalue weighted by Gasteiger charge is 2.09. The molecule has 1 heterocycles. The van der Waals surface area contributed by atoms with Crippen molar-refractivity contribution in [3.63, 3.8) is 0 Å². The molecule has 2 nitrogen and oxygen atoms in total. The first kappa shape index (κ1) is 8.66. The zero-order chi connectivity index (χ0) is 9.26. The summed E-state index contributed by atoms with van der Waals surface area (Å²) in [5.41, 5.74) is 1.98. The summed E-state index contributed by atoms with van der Waals surface area (Å²) in [6.07, 6.45) is 1.35. The molecule has 0 radical (unpaired) electrons. The lowest BCUT2D eigenvalue weighted by molar-refractivity contribution is 0.206. The molecule has 0 aliphatic rings. The molecule has 1 atom stereocenters. The maximum atomic E-state index is 9.62. The van der Waals surface area contributed by atoms with E-state index in [1.165, 1.54) is 0 Å². The van der Waals surface area contributed by atoms with E-state index in [2.05, 4.69) is 17.6 Å². The molecule has 1 aromatic carbocycles. The third kappa shape index (κ3) is 1.45. The molecule has 2 aromatic rings. The second kappa shape index (κ2) is 3.44.